The largest absolute Gasteiger partial charge is 0.341 e. The van der Waals surface area contributed by atoms with Gasteiger partial charge in [-0.1, -0.05) is 26.0 Å². The normalized spacial score (nSPS) is 22.1. The molecule has 2 aliphatic rings. The van der Waals surface area contributed by atoms with Crippen LogP contribution < -0.4 is 4.72 Å². The third-order valence-corrected chi connectivity index (χ3v) is 6.91. The molecule has 1 aromatic carbocycles. The zero-order valence-corrected chi connectivity index (χ0v) is 17.9. The van der Waals surface area contributed by atoms with Gasteiger partial charge in [0.1, 0.15) is 11.9 Å². The summed E-state index contributed by atoms with van der Waals surface area (Å²) in [5, 5.41) is 0. The predicted molar refractivity (Wildman–Crippen MR) is 110 cm³/mol. The number of carbonyl (C=O) groups excluding carboxylic acids is 1. The van der Waals surface area contributed by atoms with Crippen LogP contribution in [0.1, 0.15) is 38.7 Å². The molecule has 2 heterocycles. The lowest BCUT2D eigenvalue weighted by atomic mass is 9.99. The van der Waals surface area contributed by atoms with Crippen LogP contribution in [0.4, 0.5) is 0 Å². The molecule has 0 radical (unpaired) electrons. The second kappa shape index (κ2) is 8.21. The second-order valence-corrected chi connectivity index (χ2v) is 9.86. The summed E-state index contributed by atoms with van der Waals surface area (Å²) in [6, 6.07) is 6.35. The first-order valence-corrected chi connectivity index (χ1v) is 11.3. The SMILES string of the molecule is CC(C)CC(N=C1NS(=O)(=O)c2ccccc21)C(=O)N(C)C1CCN(C)CC1. The number of sulfonamides is 1. The molecule has 1 atom stereocenters. The van der Waals surface area contributed by atoms with E-state index in [0.717, 1.165) is 25.9 Å². The van der Waals surface area contributed by atoms with Crippen LogP contribution in [0.15, 0.2) is 34.2 Å². The maximum atomic E-state index is 13.2. The number of aliphatic imine (C=N–C) groups is 1. The van der Waals surface area contributed by atoms with Crippen molar-refractivity contribution in [3.05, 3.63) is 29.8 Å². The molecule has 1 fully saturated rings. The minimum Gasteiger partial charge on any atom is -0.341 e. The third kappa shape index (κ3) is 4.38. The number of hydrogen-bond acceptors (Lipinski definition) is 5. The van der Waals surface area contributed by atoms with Gasteiger partial charge in [-0.3, -0.25) is 14.5 Å². The van der Waals surface area contributed by atoms with Crippen molar-refractivity contribution < 1.29 is 13.2 Å². The Morgan fingerprint density at radius 3 is 2.57 bits per heavy atom. The fourth-order valence-corrected chi connectivity index (χ4v) is 5.08. The minimum absolute atomic E-state index is 0.0423. The van der Waals surface area contributed by atoms with Crippen LogP contribution in [-0.2, 0) is 14.8 Å². The Hall–Kier alpha value is -1.93. The summed E-state index contributed by atoms with van der Waals surface area (Å²) in [6.07, 6.45) is 2.46. The van der Waals surface area contributed by atoms with Gasteiger partial charge in [-0.15, -0.1) is 0 Å². The number of nitrogens with one attached hydrogen (secondary N) is 1. The first kappa shape index (κ1) is 20.8. The van der Waals surface area contributed by atoms with Crippen molar-refractivity contribution in [2.45, 2.75) is 50.1 Å². The van der Waals surface area contributed by atoms with Gasteiger partial charge >= 0.3 is 0 Å². The highest BCUT2D eigenvalue weighted by atomic mass is 32.2. The van der Waals surface area contributed by atoms with Gasteiger partial charge in [0.05, 0.1) is 4.90 Å². The molecular formula is C20H30N4O3S. The van der Waals surface area contributed by atoms with E-state index in [4.69, 9.17) is 0 Å². The van der Waals surface area contributed by atoms with Crippen LogP contribution in [0.25, 0.3) is 0 Å². The van der Waals surface area contributed by atoms with Gasteiger partial charge in [-0.25, -0.2) is 8.42 Å². The minimum atomic E-state index is -3.61. The van der Waals surface area contributed by atoms with Crippen molar-refractivity contribution in [1.82, 2.24) is 14.5 Å². The molecule has 0 aromatic heterocycles. The third-order valence-electron chi connectivity index (χ3n) is 5.51. The lowest BCUT2D eigenvalue weighted by Gasteiger charge is -2.36. The Morgan fingerprint density at radius 2 is 1.93 bits per heavy atom. The Bertz CT molecular complexity index is 858. The van der Waals surface area contributed by atoms with Crippen molar-refractivity contribution in [3.63, 3.8) is 0 Å². The van der Waals surface area contributed by atoms with Crippen molar-refractivity contribution in [2.75, 3.05) is 27.2 Å². The summed E-state index contributed by atoms with van der Waals surface area (Å²) < 4.78 is 27.2. The zero-order chi connectivity index (χ0) is 20.5. The molecule has 7 nitrogen and oxygen atoms in total. The first-order chi connectivity index (χ1) is 13.2. The molecule has 28 heavy (non-hydrogen) atoms. The Morgan fingerprint density at radius 1 is 1.29 bits per heavy atom. The van der Waals surface area contributed by atoms with Crippen LogP contribution in [0.2, 0.25) is 0 Å². The molecule has 154 valence electrons. The molecule has 0 aliphatic carbocycles. The van der Waals surface area contributed by atoms with E-state index in [1.807, 2.05) is 25.8 Å². The molecule has 0 saturated carbocycles. The fraction of sp³-hybridized carbons (Fsp3) is 0.600. The average Bonchev–Trinajstić information content (AvgIpc) is 2.91. The standard InChI is InChI=1S/C20H30N4O3S/c1-14(2)13-17(20(25)24(4)15-9-11-23(3)12-10-15)21-19-16-7-5-6-8-18(16)28(26,27)22-19/h5-8,14-15,17H,9-13H2,1-4H3,(H,21,22). The first-order valence-electron chi connectivity index (χ1n) is 9.84. The molecular weight excluding hydrogens is 376 g/mol. The molecule has 1 unspecified atom stereocenters. The van der Waals surface area contributed by atoms with Crippen LogP contribution in [0.3, 0.4) is 0 Å². The number of hydrogen-bond donors (Lipinski definition) is 1. The highest BCUT2D eigenvalue weighted by Gasteiger charge is 2.34. The number of benzene rings is 1. The molecule has 1 N–H and O–H groups in total. The number of amides is 1. The van der Waals surface area contributed by atoms with Crippen molar-refractivity contribution in [2.24, 2.45) is 10.9 Å². The molecule has 0 spiro atoms. The predicted octanol–water partition coefficient (Wildman–Crippen LogP) is 1.69. The summed E-state index contributed by atoms with van der Waals surface area (Å²) in [5.41, 5.74) is 0.533. The number of nitrogens with zero attached hydrogens (tertiary/aromatic N) is 3. The molecule has 1 saturated heterocycles. The van der Waals surface area contributed by atoms with E-state index in [1.165, 1.54) is 0 Å². The van der Waals surface area contributed by atoms with E-state index in [9.17, 15) is 13.2 Å². The Kier molecular flexibility index (Phi) is 6.09. The van der Waals surface area contributed by atoms with Crippen LogP contribution in [-0.4, -0.2) is 69.2 Å². The number of fused-ring (bicyclic) bond motifs is 1. The highest BCUT2D eigenvalue weighted by molar-refractivity contribution is 7.90. The van der Waals surface area contributed by atoms with Crippen LogP contribution >= 0.6 is 0 Å². The number of likely N-dealkylation sites (tertiary alicyclic amines) is 1. The van der Waals surface area contributed by atoms with Gasteiger partial charge < -0.3 is 9.80 Å². The van der Waals surface area contributed by atoms with Gasteiger partial charge in [-0.2, -0.15) is 0 Å². The summed E-state index contributed by atoms with van der Waals surface area (Å²) in [7, 11) is 0.326. The summed E-state index contributed by atoms with van der Waals surface area (Å²) in [4.78, 5) is 22.2. The van der Waals surface area contributed by atoms with Gasteiger partial charge in [0.15, 0.2) is 0 Å². The quantitative estimate of drug-likeness (QED) is 0.807. The summed E-state index contributed by atoms with van der Waals surface area (Å²) >= 11 is 0. The maximum absolute atomic E-state index is 13.2. The summed E-state index contributed by atoms with van der Waals surface area (Å²) in [6.45, 7) is 6.03. The van der Waals surface area contributed by atoms with Crippen LogP contribution in [0.5, 0.6) is 0 Å². The average molecular weight is 407 g/mol. The Labute approximate surface area is 167 Å². The number of likely N-dealkylation sites (N-methyl/N-ethyl adjacent to an activating group) is 1. The lowest BCUT2D eigenvalue weighted by molar-refractivity contribution is -0.134. The molecule has 3 rings (SSSR count). The van der Waals surface area contributed by atoms with E-state index in [2.05, 4.69) is 21.7 Å². The molecule has 2 aliphatic heterocycles. The van der Waals surface area contributed by atoms with Gasteiger partial charge in [-0.05, 0) is 57.5 Å². The van der Waals surface area contributed by atoms with Crippen molar-refractivity contribution in [3.8, 4) is 0 Å². The topological polar surface area (TPSA) is 82.1 Å². The van der Waals surface area contributed by atoms with E-state index in [0.29, 0.717) is 12.0 Å². The van der Waals surface area contributed by atoms with Crippen molar-refractivity contribution in [1.29, 1.82) is 0 Å². The number of piperidine rings is 1. The monoisotopic (exact) mass is 406 g/mol. The maximum Gasteiger partial charge on any atom is 0.263 e. The smallest absolute Gasteiger partial charge is 0.263 e. The Balaban J connectivity index is 1.87. The molecule has 0 bridgehead atoms. The molecule has 1 aromatic rings. The van der Waals surface area contributed by atoms with E-state index in [-0.39, 0.29) is 28.6 Å². The lowest BCUT2D eigenvalue weighted by Crippen LogP contribution is -2.48. The van der Waals surface area contributed by atoms with E-state index >= 15 is 0 Å². The molecule has 1 amide bonds. The number of amidine groups is 1. The van der Waals surface area contributed by atoms with Gasteiger partial charge in [0.25, 0.3) is 10.0 Å². The number of carbonyl (C=O) groups is 1. The van der Waals surface area contributed by atoms with Gasteiger partial charge in [0.2, 0.25) is 5.91 Å². The number of rotatable bonds is 5. The van der Waals surface area contributed by atoms with E-state index < -0.39 is 16.1 Å². The fourth-order valence-electron chi connectivity index (χ4n) is 3.84. The molecule has 8 heteroatoms. The van der Waals surface area contributed by atoms with Gasteiger partial charge in [0, 0.05) is 18.7 Å². The van der Waals surface area contributed by atoms with E-state index in [1.54, 1.807) is 24.3 Å². The zero-order valence-electron chi connectivity index (χ0n) is 17.1. The highest BCUT2D eigenvalue weighted by Crippen LogP contribution is 2.24. The summed E-state index contributed by atoms with van der Waals surface area (Å²) in [5.74, 6) is 0.489. The second-order valence-electron chi connectivity index (χ2n) is 8.21. The van der Waals surface area contributed by atoms with Crippen molar-refractivity contribution >= 4 is 21.8 Å². The van der Waals surface area contributed by atoms with Crippen LogP contribution in [0, 0.1) is 5.92 Å².